The van der Waals surface area contributed by atoms with Crippen LogP contribution in [0, 0.1) is 0 Å². The number of pyridine rings is 2. The molecule has 0 aromatic carbocycles. The zero-order chi connectivity index (χ0) is 15.2. The lowest BCUT2D eigenvalue weighted by Gasteiger charge is -2.32. The van der Waals surface area contributed by atoms with Crippen molar-refractivity contribution in [2.24, 2.45) is 0 Å². The third-order valence-corrected chi connectivity index (χ3v) is 4.06. The van der Waals surface area contributed by atoms with Gasteiger partial charge in [-0.2, -0.15) is 0 Å². The summed E-state index contributed by atoms with van der Waals surface area (Å²) in [7, 11) is 1.63. The molecule has 0 spiro atoms. The van der Waals surface area contributed by atoms with Gasteiger partial charge in [0.15, 0.2) is 0 Å². The summed E-state index contributed by atoms with van der Waals surface area (Å²) in [5.74, 6) is 0.651. The van der Waals surface area contributed by atoms with E-state index in [0.29, 0.717) is 11.9 Å². The number of nitrogens with zero attached hydrogens (tertiary/aromatic N) is 3. The van der Waals surface area contributed by atoms with E-state index >= 15 is 0 Å². The molecule has 1 aliphatic heterocycles. The minimum absolute atomic E-state index is 0.517. The van der Waals surface area contributed by atoms with Crippen LogP contribution in [0.4, 0.5) is 5.69 Å². The van der Waals surface area contributed by atoms with Crippen molar-refractivity contribution in [3.8, 4) is 5.88 Å². The van der Waals surface area contributed by atoms with Gasteiger partial charge in [0, 0.05) is 44.1 Å². The highest BCUT2D eigenvalue weighted by molar-refractivity contribution is 5.43. The van der Waals surface area contributed by atoms with E-state index in [2.05, 4.69) is 32.3 Å². The third-order valence-electron chi connectivity index (χ3n) is 4.06. The molecule has 5 heteroatoms. The van der Waals surface area contributed by atoms with E-state index in [1.54, 1.807) is 7.11 Å². The van der Waals surface area contributed by atoms with E-state index in [4.69, 9.17) is 4.74 Å². The second-order valence-corrected chi connectivity index (χ2v) is 5.64. The number of hydrogen-bond acceptors (Lipinski definition) is 5. The summed E-state index contributed by atoms with van der Waals surface area (Å²) in [4.78, 5) is 10.8. The molecular formula is C17H22N4O. The van der Waals surface area contributed by atoms with Crippen LogP contribution in [0.15, 0.2) is 42.9 Å². The summed E-state index contributed by atoms with van der Waals surface area (Å²) in [6.45, 7) is 3.24. The molecular weight excluding hydrogens is 276 g/mol. The Bertz CT molecular complexity index is 565. The molecule has 1 aliphatic rings. The maximum atomic E-state index is 5.08. The smallest absolute Gasteiger partial charge is 0.213 e. The Morgan fingerprint density at radius 1 is 1.18 bits per heavy atom. The van der Waals surface area contributed by atoms with Gasteiger partial charge in [-0.25, -0.2) is 4.98 Å². The van der Waals surface area contributed by atoms with Crippen LogP contribution in [-0.4, -0.2) is 41.1 Å². The van der Waals surface area contributed by atoms with E-state index < -0.39 is 0 Å². The zero-order valence-electron chi connectivity index (χ0n) is 12.9. The molecule has 0 aliphatic carbocycles. The van der Waals surface area contributed by atoms with Crippen molar-refractivity contribution in [1.82, 2.24) is 14.9 Å². The Morgan fingerprint density at radius 2 is 1.95 bits per heavy atom. The van der Waals surface area contributed by atoms with Crippen LogP contribution in [0.1, 0.15) is 18.4 Å². The van der Waals surface area contributed by atoms with Crippen LogP contribution < -0.4 is 10.1 Å². The van der Waals surface area contributed by atoms with E-state index in [1.165, 1.54) is 5.56 Å². The SMILES string of the molecule is COc1ccc(NC2CCN(Cc3ccncc3)CC2)cn1. The molecule has 0 radical (unpaired) electrons. The minimum Gasteiger partial charge on any atom is -0.481 e. The number of hydrogen-bond donors (Lipinski definition) is 1. The van der Waals surface area contributed by atoms with Crippen molar-refractivity contribution >= 4 is 5.69 Å². The molecule has 0 amide bonds. The van der Waals surface area contributed by atoms with Crippen LogP contribution in [0.5, 0.6) is 5.88 Å². The highest BCUT2D eigenvalue weighted by atomic mass is 16.5. The maximum Gasteiger partial charge on any atom is 0.213 e. The van der Waals surface area contributed by atoms with Gasteiger partial charge in [0.1, 0.15) is 0 Å². The number of nitrogens with one attached hydrogen (secondary N) is 1. The largest absolute Gasteiger partial charge is 0.481 e. The summed E-state index contributed by atoms with van der Waals surface area (Å²) in [5, 5.41) is 3.56. The van der Waals surface area contributed by atoms with Crippen molar-refractivity contribution in [3.63, 3.8) is 0 Å². The van der Waals surface area contributed by atoms with E-state index in [9.17, 15) is 0 Å². The molecule has 2 aromatic heterocycles. The predicted octanol–water partition coefficient (Wildman–Crippen LogP) is 2.56. The molecule has 0 unspecified atom stereocenters. The summed E-state index contributed by atoms with van der Waals surface area (Å²) >= 11 is 0. The number of piperidine rings is 1. The van der Waals surface area contributed by atoms with Gasteiger partial charge in [-0.1, -0.05) is 0 Å². The topological polar surface area (TPSA) is 50.3 Å². The standard InChI is InChI=1S/C17H22N4O/c1-22-17-3-2-16(12-19-17)20-15-6-10-21(11-7-15)13-14-4-8-18-9-5-14/h2-5,8-9,12,15,20H,6-7,10-11,13H2,1H3. The first-order valence-corrected chi connectivity index (χ1v) is 7.71. The first-order valence-electron chi connectivity index (χ1n) is 7.71. The molecule has 3 heterocycles. The van der Waals surface area contributed by atoms with Gasteiger partial charge in [0.05, 0.1) is 19.0 Å². The van der Waals surface area contributed by atoms with Crippen LogP contribution in [-0.2, 0) is 6.54 Å². The van der Waals surface area contributed by atoms with E-state index in [-0.39, 0.29) is 0 Å². The lowest BCUT2D eigenvalue weighted by molar-refractivity contribution is 0.211. The average Bonchev–Trinajstić information content (AvgIpc) is 2.58. The number of aromatic nitrogens is 2. The summed E-state index contributed by atoms with van der Waals surface area (Å²) in [6, 6.07) is 8.61. The Morgan fingerprint density at radius 3 is 2.59 bits per heavy atom. The first-order chi connectivity index (χ1) is 10.8. The molecule has 22 heavy (non-hydrogen) atoms. The Labute approximate surface area is 131 Å². The van der Waals surface area contributed by atoms with Crippen molar-refractivity contribution < 1.29 is 4.74 Å². The number of ether oxygens (including phenoxy) is 1. The second-order valence-electron chi connectivity index (χ2n) is 5.64. The molecule has 1 fully saturated rings. The number of likely N-dealkylation sites (tertiary alicyclic amines) is 1. The van der Waals surface area contributed by atoms with Crippen molar-refractivity contribution in [1.29, 1.82) is 0 Å². The molecule has 0 bridgehead atoms. The zero-order valence-corrected chi connectivity index (χ0v) is 12.9. The Balaban J connectivity index is 1.47. The highest BCUT2D eigenvalue weighted by Crippen LogP contribution is 2.18. The molecule has 0 saturated carbocycles. The molecule has 116 valence electrons. The third kappa shape index (κ3) is 3.95. The van der Waals surface area contributed by atoms with Gasteiger partial charge >= 0.3 is 0 Å². The van der Waals surface area contributed by atoms with Crippen LogP contribution in [0.25, 0.3) is 0 Å². The number of rotatable bonds is 5. The monoisotopic (exact) mass is 298 g/mol. The quantitative estimate of drug-likeness (QED) is 0.919. The summed E-state index contributed by atoms with van der Waals surface area (Å²) in [5.41, 5.74) is 2.40. The molecule has 3 rings (SSSR count). The summed E-state index contributed by atoms with van der Waals surface area (Å²) in [6.07, 6.45) is 7.86. The summed E-state index contributed by atoms with van der Waals surface area (Å²) < 4.78 is 5.08. The predicted molar refractivity (Wildman–Crippen MR) is 86.9 cm³/mol. The maximum absolute atomic E-state index is 5.08. The second kappa shape index (κ2) is 7.22. The fourth-order valence-corrected chi connectivity index (χ4v) is 2.80. The molecule has 1 saturated heterocycles. The molecule has 5 nitrogen and oxygen atoms in total. The lowest BCUT2D eigenvalue weighted by Crippen LogP contribution is -2.38. The average molecular weight is 298 g/mol. The first kappa shape index (κ1) is 14.8. The number of methoxy groups -OCH3 is 1. The van der Waals surface area contributed by atoms with Crippen LogP contribution in [0.2, 0.25) is 0 Å². The lowest BCUT2D eigenvalue weighted by atomic mass is 10.0. The number of anilines is 1. The van der Waals surface area contributed by atoms with Gasteiger partial charge in [-0.05, 0) is 36.6 Å². The van der Waals surface area contributed by atoms with Gasteiger partial charge in [-0.3, -0.25) is 9.88 Å². The van der Waals surface area contributed by atoms with Crippen molar-refractivity contribution in [2.45, 2.75) is 25.4 Å². The molecule has 1 N–H and O–H groups in total. The fraction of sp³-hybridized carbons (Fsp3) is 0.412. The van der Waals surface area contributed by atoms with Gasteiger partial charge in [0.25, 0.3) is 0 Å². The molecule has 0 atom stereocenters. The normalized spacial score (nSPS) is 16.4. The van der Waals surface area contributed by atoms with Gasteiger partial charge in [-0.15, -0.1) is 0 Å². The van der Waals surface area contributed by atoms with Gasteiger partial charge in [0.2, 0.25) is 5.88 Å². The van der Waals surface area contributed by atoms with Crippen molar-refractivity contribution in [3.05, 3.63) is 48.4 Å². The Kier molecular flexibility index (Phi) is 4.85. The molecule has 2 aromatic rings. The minimum atomic E-state index is 0.517. The van der Waals surface area contributed by atoms with E-state index in [1.807, 2.05) is 30.7 Å². The van der Waals surface area contributed by atoms with Crippen LogP contribution in [0.3, 0.4) is 0 Å². The highest BCUT2D eigenvalue weighted by Gasteiger charge is 2.19. The van der Waals surface area contributed by atoms with E-state index in [0.717, 1.165) is 38.2 Å². The van der Waals surface area contributed by atoms with Gasteiger partial charge < -0.3 is 10.1 Å². The fourth-order valence-electron chi connectivity index (χ4n) is 2.80. The van der Waals surface area contributed by atoms with Crippen molar-refractivity contribution in [2.75, 3.05) is 25.5 Å². The Hall–Kier alpha value is -2.14. The van der Waals surface area contributed by atoms with Crippen LogP contribution >= 0.6 is 0 Å².